The molecule has 1 amide bonds. The highest BCUT2D eigenvalue weighted by Crippen LogP contribution is 2.21. The second-order valence-electron chi connectivity index (χ2n) is 8.88. The van der Waals surface area contributed by atoms with Gasteiger partial charge in [0.05, 0.1) is 18.5 Å². The van der Waals surface area contributed by atoms with Gasteiger partial charge in [0, 0.05) is 55.4 Å². The summed E-state index contributed by atoms with van der Waals surface area (Å²) in [5, 5.41) is 5.40. The van der Waals surface area contributed by atoms with Gasteiger partial charge in [-0.2, -0.15) is 5.10 Å². The second-order valence-corrected chi connectivity index (χ2v) is 9.32. The molecule has 2 aromatic carbocycles. The molecule has 0 atom stereocenters. The fourth-order valence-electron chi connectivity index (χ4n) is 4.50. The minimum atomic E-state index is -0.231. The zero-order chi connectivity index (χ0) is 24.9. The number of carbonyl (C=O) groups is 2. The molecule has 0 unspecified atom stereocenters. The molecule has 1 aliphatic heterocycles. The van der Waals surface area contributed by atoms with Crippen molar-refractivity contribution in [3.63, 3.8) is 0 Å². The van der Waals surface area contributed by atoms with Crippen molar-refractivity contribution >= 4 is 23.5 Å². The SMILES string of the molecule is COC(=O)CCc1c(C)nn(-c2ccc(C(=O)N3CCN(Cc4ccc(Cl)cc4)CC3)cc2)c1C. The first-order chi connectivity index (χ1) is 16.9. The molecular weight excluding hydrogens is 464 g/mol. The number of amides is 1. The Hall–Kier alpha value is -3.16. The van der Waals surface area contributed by atoms with Crippen molar-refractivity contribution < 1.29 is 14.3 Å². The normalized spacial score (nSPS) is 14.2. The van der Waals surface area contributed by atoms with Gasteiger partial charge in [-0.1, -0.05) is 23.7 Å². The summed E-state index contributed by atoms with van der Waals surface area (Å²) in [5.41, 5.74) is 5.71. The van der Waals surface area contributed by atoms with Gasteiger partial charge in [-0.15, -0.1) is 0 Å². The van der Waals surface area contributed by atoms with Crippen LogP contribution in [0, 0.1) is 13.8 Å². The van der Waals surface area contributed by atoms with Crippen LogP contribution in [-0.4, -0.2) is 64.7 Å². The van der Waals surface area contributed by atoms with E-state index in [0.29, 0.717) is 31.5 Å². The Balaban J connectivity index is 1.36. The molecule has 0 saturated carbocycles. The number of benzene rings is 2. The van der Waals surface area contributed by atoms with E-state index in [2.05, 4.69) is 10.00 Å². The van der Waals surface area contributed by atoms with Crippen LogP contribution in [-0.2, 0) is 22.5 Å². The predicted octanol–water partition coefficient (Wildman–Crippen LogP) is 4.21. The van der Waals surface area contributed by atoms with Crippen molar-refractivity contribution in [1.29, 1.82) is 0 Å². The average Bonchev–Trinajstić information content (AvgIpc) is 3.17. The number of hydrogen-bond acceptors (Lipinski definition) is 5. The molecule has 2 heterocycles. The average molecular weight is 495 g/mol. The van der Waals surface area contributed by atoms with E-state index < -0.39 is 0 Å². The summed E-state index contributed by atoms with van der Waals surface area (Å²) < 4.78 is 6.62. The molecule has 0 spiro atoms. The number of esters is 1. The van der Waals surface area contributed by atoms with E-state index in [4.69, 9.17) is 16.3 Å². The molecule has 184 valence electrons. The lowest BCUT2D eigenvalue weighted by atomic mass is 10.1. The summed E-state index contributed by atoms with van der Waals surface area (Å²) in [6.07, 6.45) is 0.912. The lowest BCUT2D eigenvalue weighted by Crippen LogP contribution is -2.48. The van der Waals surface area contributed by atoms with Crippen LogP contribution in [0.2, 0.25) is 5.02 Å². The van der Waals surface area contributed by atoms with Gasteiger partial charge in [0.2, 0.25) is 0 Å². The lowest BCUT2D eigenvalue weighted by molar-refractivity contribution is -0.140. The van der Waals surface area contributed by atoms with Crippen LogP contribution in [0.15, 0.2) is 48.5 Å². The third kappa shape index (κ3) is 5.92. The predicted molar refractivity (Wildman–Crippen MR) is 136 cm³/mol. The number of aromatic nitrogens is 2. The fraction of sp³-hybridized carbons (Fsp3) is 0.370. The summed E-state index contributed by atoms with van der Waals surface area (Å²) in [5.74, 6) is -0.181. The molecule has 3 aromatic rings. The molecule has 0 N–H and O–H groups in total. The molecule has 35 heavy (non-hydrogen) atoms. The standard InChI is InChI=1S/C27H31ClN4O3/c1-19-25(12-13-26(33)35-3)20(2)32(29-19)24-10-6-22(7-11-24)27(34)31-16-14-30(15-17-31)18-21-4-8-23(28)9-5-21/h4-11H,12-18H2,1-3H3. The molecule has 1 saturated heterocycles. The molecule has 1 aromatic heterocycles. The maximum absolute atomic E-state index is 13.1. The fourth-order valence-corrected chi connectivity index (χ4v) is 4.63. The van der Waals surface area contributed by atoms with Crippen molar-refractivity contribution in [2.75, 3.05) is 33.3 Å². The smallest absolute Gasteiger partial charge is 0.305 e. The molecule has 4 rings (SSSR count). The zero-order valence-electron chi connectivity index (χ0n) is 20.5. The Kier molecular flexibility index (Phi) is 7.88. The number of piperazine rings is 1. The van der Waals surface area contributed by atoms with Gasteiger partial charge in [-0.05, 0) is 67.8 Å². The molecule has 1 fully saturated rings. The minimum absolute atomic E-state index is 0.0508. The minimum Gasteiger partial charge on any atom is -0.469 e. The first-order valence-electron chi connectivity index (χ1n) is 11.8. The van der Waals surface area contributed by atoms with E-state index >= 15 is 0 Å². The van der Waals surface area contributed by atoms with E-state index in [9.17, 15) is 9.59 Å². The second kappa shape index (κ2) is 11.1. The Labute approximate surface area is 211 Å². The Morgan fingerprint density at radius 1 is 0.971 bits per heavy atom. The van der Waals surface area contributed by atoms with Crippen LogP contribution in [0.1, 0.15) is 39.3 Å². The molecule has 7 nitrogen and oxygen atoms in total. The monoisotopic (exact) mass is 494 g/mol. The van der Waals surface area contributed by atoms with Crippen LogP contribution in [0.3, 0.4) is 0 Å². The highest BCUT2D eigenvalue weighted by Gasteiger charge is 2.22. The van der Waals surface area contributed by atoms with Crippen molar-refractivity contribution in [1.82, 2.24) is 19.6 Å². The summed E-state index contributed by atoms with van der Waals surface area (Å²) in [4.78, 5) is 28.9. The van der Waals surface area contributed by atoms with Crippen molar-refractivity contribution in [3.05, 3.63) is 81.6 Å². The van der Waals surface area contributed by atoms with Crippen molar-refractivity contribution in [2.45, 2.75) is 33.2 Å². The molecular formula is C27H31ClN4O3. The van der Waals surface area contributed by atoms with E-state index in [1.807, 2.05) is 72.0 Å². The summed E-state index contributed by atoms with van der Waals surface area (Å²) in [7, 11) is 1.40. The van der Waals surface area contributed by atoms with Crippen LogP contribution < -0.4 is 0 Å². The third-order valence-electron chi connectivity index (χ3n) is 6.59. The summed E-state index contributed by atoms with van der Waals surface area (Å²) in [6.45, 7) is 7.89. The van der Waals surface area contributed by atoms with Crippen molar-refractivity contribution in [3.8, 4) is 5.69 Å². The van der Waals surface area contributed by atoms with Gasteiger partial charge in [0.25, 0.3) is 5.91 Å². The molecule has 0 radical (unpaired) electrons. The number of carbonyl (C=O) groups excluding carboxylic acids is 2. The van der Waals surface area contributed by atoms with Crippen molar-refractivity contribution in [2.24, 2.45) is 0 Å². The largest absolute Gasteiger partial charge is 0.469 e. The number of ether oxygens (including phenoxy) is 1. The van der Waals surface area contributed by atoms with E-state index in [1.165, 1.54) is 12.7 Å². The topological polar surface area (TPSA) is 67.7 Å². The van der Waals surface area contributed by atoms with Gasteiger partial charge in [0.1, 0.15) is 0 Å². The highest BCUT2D eigenvalue weighted by molar-refractivity contribution is 6.30. The Morgan fingerprint density at radius 3 is 2.26 bits per heavy atom. The number of aryl methyl sites for hydroxylation is 1. The first kappa shape index (κ1) is 24.9. The summed E-state index contributed by atoms with van der Waals surface area (Å²) >= 11 is 5.98. The van der Waals surface area contributed by atoms with Crippen LogP contribution >= 0.6 is 11.6 Å². The van der Waals surface area contributed by atoms with Gasteiger partial charge in [0.15, 0.2) is 0 Å². The first-order valence-corrected chi connectivity index (χ1v) is 12.2. The van der Waals surface area contributed by atoms with Gasteiger partial charge in [-0.3, -0.25) is 14.5 Å². The molecule has 0 aliphatic carbocycles. The third-order valence-corrected chi connectivity index (χ3v) is 6.84. The van der Waals surface area contributed by atoms with Gasteiger partial charge >= 0.3 is 5.97 Å². The number of halogens is 1. The molecule has 8 heteroatoms. The number of hydrogen-bond donors (Lipinski definition) is 0. The quantitative estimate of drug-likeness (QED) is 0.460. The lowest BCUT2D eigenvalue weighted by Gasteiger charge is -2.34. The highest BCUT2D eigenvalue weighted by atomic mass is 35.5. The summed E-state index contributed by atoms with van der Waals surface area (Å²) in [6, 6.07) is 15.5. The maximum atomic E-state index is 13.1. The Morgan fingerprint density at radius 2 is 1.63 bits per heavy atom. The molecule has 1 aliphatic rings. The van der Waals surface area contributed by atoms with Crippen LogP contribution in [0.5, 0.6) is 0 Å². The van der Waals surface area contributed by atoms with Crippen LogP contribution in [0.25, 0.3) is 5.69 Å². The van der Waals surface area contributed by atoms with E-state index in [1.54, 1.807) is 0 Å². The number of rotatable bonds is 7. The van der Waals surface area contributed by atoms with Crippen LogP contribution in [0.4, 0.5) is 0 Å². The Bertz CT molecular complexity index is 1180. The van der Waals surface area contributed by atoms with E-state index in [0.717, 1.165) is 47.3 Å². The van der Waals surface area contributed by atoms with Gasteiger partial charge < -0.3 is 9.64 Å². The van der Waals surface area contributed by atoms with Gasteiger partial charge in [-0.25, -0.2) is 4.68 Å². The maximum Gasteiger partial charge on any atom is 0.305 e. The zero-order valence-corrected chi connectivity index (χ0v) is 21.2. The number of nitrogens with zero attached hydrogens (tertiary/aromatic N) is 4. The molecule has 0 bridgehead atoms. The number of methoxy groups -OCH3 is 1. The van der Waals surface area contributed by atoms with E-state index in [-0.39, 0.29) is 11.9 Å².